The summed E-state index contributed by atoms with van der Waals surface area (Å²) in [5.41, 5.74) is 0. The third-order valence-corrected chi connectivity index (χ3v) is 6.54. The number of ether oxygens (including phenoxy) is 1. The van der Waals surface area contributed by atoms with Gasteiger partial charge < -0.3 is 4.74 Å². The summed E-state index contributed by atoms with van der Waals surface area (Å²) in [5, 5.41) is 0. The second kappa shape index (κ2) is 23.1. The van der Waals surface area contributed by atoms with Crippen LogP contribution < -0.4 is 0 Å². The summed E-state index contributed by atoms with van der Waals surface area (Å²) in [6.45, 7) is 9.50. The lowest BCUT2D eigenvalue weighted by atomic mass is 9.94. The fourth-order valence-electron chi connectivity index (χ4n) is 4.25. The summed E-state index contributed by atoms with van der Waals surface area (Å²) < 4.78 is 5.80. The van der Waals surface area contributed by atoms with Crippen LogP contribution in [0.1, 0.15) is 156 Å². The van der Waals surface area contributed by atoms with E-state index in [1.165, 1.54) is 116 Å². The second-order valence-corrected chi connectivity index (χ2v) is 9.71. The summed E-state index contributed by atoms with van der Waals surface area (Å²) in [7, 11) is 0. The average molecular weight is 425 g/mol. The van der Waals surface area contributed by atoms with Gasteiger partial charge >= 0.3 is 5.97 Å². The third-order valence-electron chi connectivity index (χ3n) is 6.54. The van der Waals surface area contributed by atoms with Gasteiger partial charge in [-0.3, -0.25) is 4.79 Å². The first-order valence-corrected chi connectivity index (χ1v) is 13.8. The molecule has 0 aromatic carbocycles. The van der Waals surface area contributed by atoms with E-state index in [9.17, 15) is 4.79 Å². The monoisotopic (exact) mass is 424 g/mol. The molecule has 0 bridgehead atoms. The van der Waals surface area contributed by atoms with E-state index in [4.69, 9.17) is 4.74 Å². The van der Waals surface area contributed by atoms with Crippen molar-refractivity contribution in [3.05, 3.63) is 0 Å². The lowest BCUT2D eigenvalue weighted by Crippen LogP contribution is -2.20. The van der Waals surface area contributed by atoms with Crippen molar-refractivity contribution in [1.82, 2.24) is 0 Å². The molecule has 180 valence electrons. The Morgan fingerprint density at radius 1 is 0.567 bits per heavy atom. The molecule has 0 spiro atoms. The highest BCUT2D eigenvalue weighted by atomic mass is 16.5. The highest BCUT2D eigenvalue weighted by molar-refractivity contribution is 5.71. The van der Waals surface area contributed by atoms with Crippen LogP contribution in [0.15, 0.2) is 0 Å². The molecule has 0 aliphatic rings. The van der Waals surface area contributed by atoms with Gasteiger partial charge in [-0.25, -0.2) is 0 Å². The first-order valence-electron chi connectivity index (χ1n) is 13.8. The molecule has 0 aliphatic carbocycles. The summed E-state index contributed by atoms with van der Waals surface area (Å²) >= 11 is 0. The van der Waals surface area contributed by atoms with Crippen molar-refractivity contribution in [2.45, 2.75) is 156 Å². The summed E-state index contributed by atoms with van der Waals surface area (Å²) in [6.07, 6.45) is 25.9. The van der Waals surface area contributed by atoms with Gasteiger partial charge in [0.15, 0.2) is 0 Å². The lowest BCUT2D eigenvalue weighted by Gasteiger charge is -2.19. The van der Waals surface area contributed by atoms with Gasteiger partial charge in [-0.1, -0.05) is 137 Å². The van der Waals surface area contributed by atoms with E-state index < -0.39 is 0 Å². The summed E-state index contributed by atoms with van der Waals surface area (Å²) in [4.78, 5) is 12.4. The van der Waals surface area contributed by atoms with Gasteiger partial charge in [0.25, 0.3) is 0 Å². The summed E-state index contributed by atoms with van der Waals surface area (Å²) in [6, 6.07) is 0. The Bertz CT molecular complexity index is 337. The van der Waals surface area contributed by atoms with Crippen LogP contribution >= 0.6 is 0 Å². The van der Waals surface area contributed by atoms with Crippen molar-refractivity contribution < 1.29 is 9.53 Å². The molecule has 2 heteroatoms. The van der Waals surface area contributed by atoms with Crippen LogP contribution in [0, 0.1) is 11.8 Å². The fourth-order valence-corrected chi connectivity index (χ4v) is 4.25. The van der Waals surface area contributed by atoms with Gasteiger partial charge in [-0.2, -0.15) is 0 Å². The van der Waals surface area contributed by atoms with Gasteiger partial charge in [0.1, 0.15) is 0 Å². The maximum Gasteiger partial charge on any atom is 0.308 e. The zero-order valence-corrected chi connectivity index (χ0v) is 21.3. The number of carbonyl (C=O) groups is 1. The van der Waals surface area contributed by atoms with Crippen molar-refractivity contribution in [1.29, 1.82) is 0 Å². The number of rotatable bonds is 23. The van der Waals surface area contributed by atoms with E-state index in [2.05, 4.69) is 27.7 Å². The minimum Gasteiger partial charge on any atom is -0.465 e. The van der Waals surface area contributed by atoms with Crippen molar-refractivity contribution in [2.24, 2.45) is 11.8 Å². The zero-order valence-electron chi connectivity index (χ0n) is 21.3. The Kier molecular flexibility index (Phi) is 22.7. The molecule has 0 fully saturated rings. The van der Waals surface area contributed by atoms with Crippen LogP contribution in [0.3, 0.4) is 0 Å². The van der Waals surface area contributed by atoms with Crippen LogP contribution in [0.2, 0.25) is 0 Å². The highest BCUT2D eigenvalue weighted by Gasteiger charge is 2.17. The molecule has 0 rings (SSSR count). The van der Waals surface area contributed by atoms with Crippen molar-refractivity contribution in [2.75, 3.05) is 6.61 Å². The average Bonchev–Trinajstić information content (AvgIpc) is 2.75. The van der Waals surface area contributed by atoms with E-state index in [1.54, 1.807) is 0 Å². The normalized spacial score (nSPS) is 12.4. The van der Waals surface area contributed by atoms with E-state index in [-0.39, 0.29) is 11.9 Å². The molecule has 2 nitrogen and oxygen atoms in total. The lowest BCUT2D eigenvalue weighted by molar-refractivity contribution is -0.149. The van der Waals surface area contributed by atoms with Crippen LogP contribution in [-0.4, -0.2) is 12.6 Å². The highest BCUT2D eigenvalue weighted by Crippen LogP contribution is 2.21. The number of esters is 1. The second-order valence-electron chi connectivity index (χ2n) is 9.71. The Balaban J connectivity index is 4.13. The van der Waals surface area contributed by atoms with E-state index in [0.29, 0.717) is 12.5 Å². The van der Waals surface area contributed by atoms with E-state index in [1.807, 2.05) is 0 Å². The van der Waals surface area contributed by atoms with Crippen LogP contribution in [0.4, 0.5) is 0 Å². The van der Waals surface area contributed by atoms with Crippen LogP contribution in [-0.2, 0) is 9.53 Å². The van der Waals surface area contributed by atoms with Crippen molar-refractivity contribution >= 4 is 5.97 Å². The quantitative estimate of drug-likeness (QED) is 0.120. The largest absolute Gasteiger partial charge is 0.465 e. The van der Waals surface area contributed by atoms with Gasteiger partial charge in [0.2, 0.25) is 0 Å². The van der Waals surface area contributed by atoms with Gasteiger partial charge in [-0.15, -0.1) is 0 Å². The predicted molar refractivity (Wildman–Crippen MR) is 133 cm³/mol. The van der Waals surface area contributed by atoms with Crippen LogP contribution in [0.25, 0.3) is 0 Å². The molecule has 0 aromatic rings. The number of carbonyl (C=O) groups excluding carboxylic acids is 1. The molecule has 0 saturated heterocycles. The number of unbranched alkanes of at least 4 members (excludes halogenated alkanes) is 14. The van der Waals surface area contributed by atoms with Gasteiger partial charge in [-0.05, 0) is 25.2 Å². The molecular weight excluding hydrogens is 368 g/mol. The Hall–Kier alpha value is -0.530. The molecule has 0 heterocycles. The molecule has 0 aliphatic heterocycles. The molecule has 1 atom stereocenters. The fraction of sp³-hybridized carbons (Fsp3) is 0.964. The number of hydrogen-bond acceptors (Lipinski definition) is 2. The summed E-state index contributed by atoms with van der Waals surface area (Å²) in [5.74, 6) is 0.680. The Labute approximate surface area is 190 Å². The molecule has 30 heavy (non-hydrogen) atoms. The minimum absolute atomic E-state index is 0.0429. The molecule has 1 unspecified atom stereocenters. The predicted octanol–water partition coefficient (Wildman–Crippen LogP) is 9.64. The molecule has 0 radical (unpaired) electrons. The van der Waals surface area contributed by atoms with Gasteiger partial charge in [0.05, 0.1) is 12.5 Å². The zero-order chi connectivity index (χ0) is 22.3. The third kappa shape index (κ3) is 19.4. The standard InChI is InChI=1S/C28H56O2/c1-5-8-11-14-17-20-23-27(24-21-18-15-12-9-6-2)25-30-28(29)26(4)22-19-16-13-10-7-3/h26-27H,5-25H2,1-4H3. The maximum atomic E-state index is 12.4. The Morgan fingerprint density at radius 3 is 1.37 bits per heavy atom. The SMILES string of the molecule is CCCCCCCCC(CCCCCCCC)COC(=O)C(C)CCCCCCC. The van der Waals surface area contributed by atoms with Crippen molar-refractivity contribution in [3.63, 3.8) is 0 Å². The molecule has 0 aromatic heterocycles. The van der Waals surface area contributed by atoms with Crippen molar-refractivity contribution in [3.8, 4) is 0 Å². The first-order chi connectivity index (χ1) is 14.7. The van der Waals surface area contributed by atoms with Gasteiger partial charge in [0, 0.05) is 0 Å². The maximum absolute atomic E-state index is 12.4. The van der Waals surface area contributed by atoms with Crippen LogP contribution in [0.5, 0.6) is 0 Å². The number of hydrogen-bond donors (Lipinski definition) is 0. The van der Waals surface area contributed by atoms with E-state index >= 15 is 0 Å². The topological polar surface area (TPSA) is 26.3 Å². The molecule has 0 amide bonds. The molecule has 0 saturated carbocycles. The first kappa shape index (κ1) is 29.5. The van der Waals surface area contributed by atoms with E-state index in [0.717, 1.165) is 12.8 Å². The molecular formula is C28H56O2. The minimum atomic E-state index is 0.0429. The molecule has 0 N–H and O–H groups in total. The Morgan fingerprint density at radius 2 is 0.933 bits per heavy atom. The smallest absolute Gasteiger partial charge is 0.308 e.